The fourth-order valence-electron chi connectivity index (χ4n) is 2.61. The topological polar surface area (TPSA) is 38.7 Å². The Morgan fingerprint density at radius 1 is 1.00 bits per heavy atom. The van der Waals surface area contributed by atoms with Gasteiger partial charge in [0.2, 0.25) is 0 Å². The monoisotopic (exact) mass is 323 g/mol. The highest BCUT2D eigenvalue weighted by Crippen LogP contribution is 2.23. The van der Waals surface area contributed by atoms with Crippen LogP contribution in [0.4, 0.5) is 0 Å². The molecular formula is C21H25NO2. The Bertz CT molecular complexity index is 685. The standard InChI is InChI=1S/C21H25NO2/c1-21(2,3)19(17-13-9-6-10-14-17)22-18(20(23)24-4)15-16-11-7-5-8-12-16/h5-14,18H,15H2,1-4H3. The molecule has 0 aromatic heterocycles. The van der Waals surface area contributed by atoms with Gasteiger partial charge < -0.3 is 4.74 Å². The van der Waals surface area contributed by atoms with E-state index in [-0.39, 0.29) is 11.4 Å². The molecule has 2 aromatic carbocycles. The van der Waals surface area contributed by atoms with Crippen LogP contribution in [0.5, 0.6) is 0 Å². The number of carbonyl (C=O) groups is 1. The molecule has 0 amide bonds. The Hall–Kier alpha value is -2.42. The van der Waals surface area contributed by atoms with Crippen molar-refractivity contribution in [3.8, 4) is 0 Å². The molecule has 3 nitrogen and oxygen atoms in total. The number of hydrogen-bond acceptors (Lipinski definition) is 3. The average molecular weight is 323 g/mol. The molecule has 0 fully saturated rings. The molecule has 1 unspecified atom stereocenters. The van der Waals surface area contributed by atoms with Gasteiger partial charge in [-0.25, -0.2) is 4.79 Å². The number of benzene rings is 2. The Kier molecular flexibility index (Phi) is 5.91. The van der Waals surface area contributed by atoms with Gasteiger partial charge in [-0.05, 0) is 11.1 Å². The molecule has 0 aliphatic carbocycles. The summed E-state index contributed by atoms with van der Waals surface area (Å²) < 4.78 is 4.99. The van der Waals surface area contributed by atoms with Gasteiger partial charge in [0.25, 0.3) is 0 Å². The molecule has 2 aromatic rings. The van der Waals surface area contributed by atoms with Crippen LogP contribution in [0.2, 0.25) is 0 Å². The largest absolute Gasteiger partial charge is 0.467 e. The molecule has 126 valence electrons. The summed E-state index contributed by atoms with van der Waals surface area (Å²) in [4.78, 5) is 17.1. The number of rotatable bonds is 5. The van der Waals surface area contributed by atoms with E-state index < -0.39 is 6.04 Å². The molecule has 24 heavy (non-hydrogen) atoms. The second-order valence-corrected chi connectivity index (χ2v) is 6.82. The first-order valence-electron chi connectivity index (χ1n) is 8.17. The molecular weight excluding hydrogens is 298 g/mol. The summed E-state index contributed by atoms with van der Waals surface area (Å²) in [6, 6.07) is 19.4. The normalized spacial score (nSPS) is 13.4. The number of ether oxygens (including phenoxy) is 1. The number of esters is 1. The van der Waals surface area contributed by atoms with Gasteiger partial charge in [-0.3, -0.25) is 4.99 Å². The first kappa shape index (κ1) is 17.9. The molecule has 2 rings (SSSR count). The lowest BCUT2D eigenvalue weighted by molar-refractivity contribution is -0.142. The van der Waals surface area contributed by atoms with Crippen LogP contribution in [0.25, 0.3) is 0 Å². The highest BCUT2D eigenvalue weighted by atomic mass is 16.5. The number of carbonyl (C=O) groups excluding carboxylic acids is 1. The van der Waals surface area contributed by atoms with Gasteiger partial charge in [-0.1, -0.05) is 81.4 Å². The van der Waals surface area contributed by atoms with Gasteiger partial charge in [0.05, 0.1) is 7.11 Å². The van der Waals surface area contributed by atoms with Gasteiger partial charge >= 0.3 is 5.97 Å². The quantitative estimate of drug-likeness (QED) is 0.607. The van der Waals surface area contributed by atoms with E-state index in [4.69, 9.17) is 9.73 Å². The maximum atomic E-state index is 12.3. The highest BCUT2D eigenvalue weighted by Gasteiger charge is 2.26. The minimum atomic E-state index is -0.549. The molecule has 0 saturated carbocycles. The molecule has 0 aliphatic heterocycles. The Labute approximate surface area is 144 Å². The van der Waals surface area contributed by atoms with Crippen molar-refractivity contribution in [1.82, 2.24) is 0 Å². The van der Waals surface area contributed by atoms with Crippen molar-refractivity contribution in [2.24, 2.45) is 10.4 Å². The maximum Gasteiger partial charge on any atom is 0.330 e. The van der Waals surface area contributed by atoms with Crippen molar-refractivity contribution in [2.45, 2.75) is 33.2 Å². The zero-order valence-corrected chi connectivity index (χ0v) is 14.8. The Morgan fingerprint density at radius 2 is 1.54 bits per heavy atom. The molecule has 0 spiro atoms. The van der Waals surface area contributed by atoms with E-state index in [1.54, 1.807) is 0 Å². The molecule has 0 aliphatic rings. The third-order valence-electron chi connectivity index (χ3n) is 3.79. The van der Waals surface area contributed by atoms with Gasteiger partial charge in [0.1, 0.15) is 0 Å². The summed E-state index contributed by atoms with van der Waals surface area (Å²) >= 11 is 0. The van der Waals surface area contributed by atoms with E-state index in [0.29, 0.717) is 6.42 Å². The van der Waals surface area contributed by atoms with Crippen LogP contribution in [-0.2, 0) is 16.0 Å². The molecule has 0 radical (unpaired) electrons. The summed E-state index contributed by atoms with van der Waals surface area (Å²) in [5.74, 6) is -0.309. The molecule has 0 saturated heterocycles. The van der Waals surface area contributed by atoms with Crippen LogP contribution in [-0.4, -0.2) is 24.8 Å². The Balaban J connectivity index is 2.42. The lowest BCUT2D eigenvalue weighted by Gasteiger charge is -2.24. The number of nitrogens with zero attached hydrogens (tertiary/aromatic N) is 1. The van der Waals surface area contributed by atoms with E-state index >= 15 is 0 Å². The van der Waals surface area contributed by atoms with Crippen molar-refractivity contribution in [1.29, 1.82) is 0 Å². The molecule has 1 atom stereocenters. The van der Waals surface area contributed by atoms with Crippen LogP contribution in [0.15, 0.2) is 65.7 Å². The van der Waals surface area contributed by atoms with Crippen LogP contribution >= 0.6 is 0 Å². The lowest BCUT2D eigenvalue weighted by atomic mass is 9.85. The molecule has 0 heterocycles. The van der Waals surface area contributed by atoms with Gasteiger partial charge in [-0.15, -0.1) is 0 Å². The summed E-state index contributed by atoms with van der Waals surface area (Å²) in [6.07, 6.45) is 0.528. The van der Waals surface area contributed by atoms with E-state index in [1.165, 1.54) is 7.11 Å². The highest BCUT2D eigenvalue weighted by molar-refractivity contribution is 6.05. The Morgan fingerprint density at radius 3 is 2.04 bits per heavy atom. The minimum absolute atomic E-state index is 0.176. The second-order valence-electron chi connectivity index (χ2n) is 6.82. The summed E-state index contributed by atoms with van der Waals surface area (Å²) in [6.45, 7) is 6.32. The van der Waals surface area contributed by atoms with Crippen molar-refractivity contribution in [3.63, 3.8) is 0 Å². The number of aliphatic imine (C=N–C) groups is 1. The zero-order chi connectivity index (χ0) is 17.6. The third kappa shape index (κ3) is 4.79. The maximum absolute atomic E-state index is 12.3. The first-order valence-corrected chi connectivity index (χ1v) is 8.17. The van der Waals surface area contributed by atoms with Gasteiger partial charge in [0.15, 0.2) is 6.04 Å². The van der Waals surface area contributed by atoms with E-state index in [0.717, 1.165) is 16.8 Å². The van der Waals surface area contributed by atoms with Crippen molar-refractivity contribution >= 4 is 11.7 Å². The van der Waals surface area contributed by atoms with E-state index in [1.807, 2.05) is 60.7 Å². The van der Waals surface area contributed by atoms with Gasteiger partial charge in [0, 0.05) is 17.5 Å². The predicted molar refractivity (Wildman–Crippen MR) is 98.4 cm³/mol. The van der Waals surface area contributed by atoms with Crippen LogP contribution in [0.1, 0.15) is 31.9 Å². The SMILES string of the molecule is COC(=O)C(Cc1ccccc1)N=C(c1ccccc1)C(C)(C)C. The van der Waals surface area contributed by atoms with Crippen molar-refractivity contribution in [3.05, 3.63) is 71.8 Å². The fourth-order valence-corrected chi connectivity index (χ4v) is 2.61. The zero-order valence-electron chi connectivity index (χ0n) is 14.8. The summed E-state index contributed by atoms with van der Waals surface area (Å²) in [5.41, 5.74) is 2.84. The van der Waals surface area contributed by atoms with Crippen LogP contribution in [0.3, 0.4) is 0 Å². The number of methoxy groups -OCH3 is 1. The number of hydrogen-bond donors (Lipinski definition) is 0. The predicted octanol–water partition coefficient (Wildman–Crippen LogP) is 4.31. The molecule has 3 heteroatoms. The first-order chi connectivity index (χ1) is 11.4. The second kappa shape index (κ2) is 7.91. The summed E-state index contributed by atoms with van der Waals surface area (Å²) in [5, 5.41) is 0. The van der Waals surface area contributed by atoms with E-state index in [9.17, 15) is 4.79 Å². The minimum Gasteiger partial charge on any atom is -0.467 e. The summed E-state index contributed by atoms with van der Waals surface area (Å²) in [7, 11) is 1.41. The van der Waals surface area contributed by atoms with Crippen molar-refractivity contribution in [2.75, 3.05) is 7.11 Å². The lowest BCUT2D eigenvalue weighted by Crippen LogP contribution is -2.29. The molecule has 0 N–H and O–H groups in total. The van der Waals surface area contributed by atoms with E-state index in [2.05, 4.69) is 20.8 Å². The fraction of sp³-hybridized carbons (Fsp3) is 0.333. The van der Waals surface area contributed by atoms with Crippen LogP contribution in [0, 0.1) is 5.41 Å². The van der Waals surface area contributed by atoms with Crippen molar-refractivity contribution < 1.29 is 9.53 Å². The van der Waals surface area contributed by atoms with Gasteiger partial charge in [-0.2, -0.15) is 0 Å². The molecule has 0 bridgehead atoms. The average Bonchev–Trinajstić information content (AvgIpc) is 2.58. The van der Waals surface area contributed by atoms with Crippen LogP contribution < -0.4 is 0 Å². The third-order valence-corrected chi connectivity index (χ3v) is 3.79. The smallest absolute Gasteiger partial charge is 0.330 e.